The van der Waals surface area contributed by atoms with E-state index in [1.54, 1.807) is 0 Å². The highest BCUT2D eigenvalue weighted by Crippen LogP contribution is 2.31. The molecule has 0 aromatic heterocycles. The molecule has 3 unspecified atom stereocenters. The van der Waals surface area contributed by atoms with Crippen LogP contribution in [0.25, 0.3) is 0 Å². The maximum atomic E-state index is 9.40. The molecule has 2 nitrogen and oxygen atoms in total. The monoisotopic (exact) mass is 289 g/mol. The predicted molar refractivity (Wildman–Crippen MR) is 89.5 cm³/mol. The second kappa shape index (κ2) is 6.93. The molecule has 1 aliphatic carbocycles. The molecule has 3 atom stereocenters. The summed E-state index contributed by atoms with van der Waals surface area (Å²) in [5.41, 5.74) is 2.95. The van der Waals surface area contributed by atoms with Crippen molar-refractivity contribution >= 4 is 0 Å². The first-order chi connectivity index (χ1) is 9.91. The number of aliphatic hydroxyl groups excluding tert-OH is 1. The highest BCUT2D eigenvalue weighted by molar-refractivity contribution is 5.29. The van der Waals surface area contributed by atoms with Crippen molar-refractivity contribution in [1.29, 1.82) is 0 Å². The van der Waals surface area contributed by atoms with Crippen LogP contribution in [-0.2, 0) is 5.41 Å². The van der Waals surface area contributed by atoms with Gasteiger partial charge >= 0.3 is 0 Å². The van der Waals surface area contributed by atoms with Crippen LogP contribution in [0.3, 0.4) is 0 Å². The summed E-state index contributed by atoms with van der Waals surface area (Å²) in [5, 5.41) is 13.0. The van der Waals surface area contributed by atoms with Gasteiger partial charge in [-0.1, -0.05) is 51.5 Å². The van der Waals surface area contributed by atoms with Crippen LogP contribution < -0.4 is 5.32 Å². The molecule has 21 heavy (non-hydrogen) atoms. The minimum absolute atomic E-state index is 0.216. The van der Waals surface area contributed by atoms with E-state index in [0.717, 1.165) is 6.54 Å². The third-order valence-electron chi connectivity index (χ3n) is 5.01. The van der Waals surface area contributed by atoms with Crippen molar-refractivity contribution in [2.75, 3.05) is 13.2 Å². The second-order valence-corrected chi connectivity index (χ2v) is 7.64. The van der Waals surface area contributed by atoms with E-state index in [1.807, 2.05) is 0 Å². The fourth-order valence-electron chi connectivity index (χ4n) is 3.34. The number of nitrogens with one attached hydrogen (secondary N) is 1. The zero-order valence-electron chi connectivity index (χ0n) is 14.0. The summed E-state index contributed by atoms with van der Waals surface area (Å²) < 4.78 is 0. The fraction of sp³-hybridized carbons (Fsp3) is 0.684. The van der Waals surface area contributed by atoms with Crippen molar-refractivity contribution in [2.24, 2.45) is 11.8 Å². The van der Waals surface area contributed by atoms with Gasteiger partial charge in [-0.2, -0.15) is 0 Å². The summed E-state index contributed by atoms with van der Waals surface area (Å²) in [7, 11) is 0. The maximum Gasteiger partial charge on any atom is 0.0462 e. The Morgan fingerprint density at radius 3 is 2.33 bits per heavy atom. The van der Waals surface area contributed by atoms with Crippen LogP contribution in [0.5, 0.6) is 0 Å². The first-order valence-corrected chi connectivity index (χ1v) is 8.36. The van der Waals surface area contributed by atoms with E-state index >= 15 is 0 Å². The van der Waals surface area contributed by atoms with Gasteiger partial charge in [-0.15, -0.1) is 0 Å². The predicted octanol–water partition coefficient (Wildman–Crippen LogP) is 4.04. The van der Waals surface area contributed by atoms with E-state index in [1.165, 1.54) is 30.4 Å². The number of rotatable bonds is 5. The summed E-state index contributed by atoms with van der Waals surface area (Å²) in [6.45, 7) is 10.3. The number of hydrogen-bond acceptors (Lipinski definition) is 2. The van der Waals surface area contributed by atoms with Gasteiger partial charge in [0.2, 0.25) is 0 Å². The third-order valence-corrected chi connectivity index (χ3v) is 5.01. The summed E-state index contributed by atoms with van der Waals surface area (Å²) in [6, 6.07) is 9.37. The average Bonchev–Trinajstić information content (AvgIpc) is 2.91. The molecular formula is C19H31NO. The first kappa shape index (κ1) is 16.5. The van der Waals surface area contributed by atoms with Gasteiger partial charge in [0.25, 0.3) is 0 Å². The summed E-state index contributed by atoms with van der Waals surface area (Å²) in [4.78, 5) is 0. The highest BCUT2D eigenvalue weighted by atomic mass is 16.3. The Labute approximate surface area is 130 Å². The molecule has 0 bridgehead atoms. The van der Waals surface area contributed by atoms with Gasteiger partial charge < -0.3 is 10.4 Å². The van der Waals surface area contributed by atoms with Gasteiger partial charge in [0, 0.05) is 12.6 Å². The Kier molecular flexibility index (Phi) is 5.45. The van der Waals surface area contributed by atoms with Crippen LogP contribution in [0.4, 0.5) is 0 Å². The molecule has 0 spiro atoms. The molecule has 1 saturated carbocycles. The smallest absolute Gasteiger partial charge is 0.0462 e. The van der Waals surface area contributed by atoms with Crippen molar-refractivity contribution in [3.05, 3.63) is 35.4 Å². The Bertz CT molecular complexity index is 432. The van der Waals surface area contributed by atoms with Crippen LogP contribution in [0.2, 0.25) is 0 Å². The van der Waals surface area contributed by atoms with Crippen molar-refractivity contribution in [2.45, 2.75) is 58.4 Å². The topological polar surface area (TPSA) is 32.3 Å². The Balaban J connectivity index is 1.90. The lowest BCUT2D eigenvalue weighted by Crippen LogP contribution is -2.29. The highest BCUT2D eigenvalue weighted by Gasteiger charge is 2.26. The van der Waals surface area contributed by atoms with Gasteiger partial charge in [0.1, 0.15) is 0 Å². The van der Waals surface area contributed by atoms with E-state index in [0.29, 0.717) is 24.5 Å². The molecule has 0 saturated heterocycles. The van der Waals surface area contributed by atoms with Gasteiger partial charge in [0.05, 0.1) is 0 Å². The van der Waals surface area contributed by atoms with Gasteiger partial charge in [-0.25, -0.2) is 0 Å². The summed E-state index contributed by atoms with van der Waals surface area (Å²) in [6.07, 6.45) is 3.72. The fourth-order valence-corrected chi connectivity index (χ4v) is 3.34. The molecule has 1 fully saturated rings. The molecule has 2 heteroatoms. The Morgan fingerprint density at radius 1 is 1.14 bits per heavy atom. The Hall–Kier alpha value is -0.860. The Morgan fingerprint density at radius 2 is 1.76 bits per heavy atom. The SMILES string of the molecule is CC(NCC1CCCC1CO)c1ccc(C(C)(C)C)cc1. The normalized spacial score (nSPS) is 24.2. The largest absolute Gasteiger partial charge is 0.396 e. The van der Waals surface area contributed by atoms with Crippen LogP contribution in [0.1, 0.15) is 64.1 Å². The molecular weight excluding hydrogens is 258 g/mol. The standard InChI is InChI=1S/C19H31NO/c1-14(20-12-16-6-5-7-17(16)13-21)15-8-10-18(11-9-15)19(2,3)4/h8-11,14,16-17,20-21H,5-7,12-13H2,1-4H3. The molecule has 2 N–H and O–H groups in total. The van der Waals surface area contributed by atoms with Crippen LogP contribution >= 0.6 is 0 Å². The van der Waals surface area contributed by atoms with E-state index in [9.17, 15) is 5.11 Å². The second-order valence-electron chi connectivity index (χ2n) is 7.64. The van der Waals surface area contributed by atoms with Gasteiger partial charge in [-0.3, -0.25) is 0 Å². The lowest BCUT2D eigenvalue weighted by molar-refractivity contribution is 0.190. The van der Waals surface area contributed by atoms with Crippen LogP contribution in [0.15, 0.2) is 24.3 Å². The van der Waals surface area contributed by atoms with Crippen molar-refractivity contribution < 1.29 is 5.11 Å². The zero-order valence-corrected chi connectivity index (χ0v) is 14.0. The maximum absolute atomic E-state index is 9.40. The third kappa shape index (κ3) is 4.31. The summed E-state index contributed by atoms with van der Waals surface area (Å²) >= 11 is 0. The van der Waals surface area contributed by atoms with Crippen LogP contribution in [-0.4, -0.2) is 18.3 Å². The molecule has 1 aliphatic rings. The molecule has 2 rings (SSSR count). The molecule has 0 heterocycles. The van der Waals surface area contributed by atoms with E-state index in [4.69, 9.17) is 0 Å². The summed E-state index contributed by atoms with van der Waals surface area (Å²) in [5.74, 6) is 1.15. The minimum Gasteiger partial charge on any atom is -0.396 e. The van der Waals surface area contributed by atoms with E-state index in [2.05, 4.69) is 57.3 Å². The molecule has 118 valence electrons. The van der Waals surface area contributed by atoms with Crippen molar-refractivity contribution in [1.82, 2.24) is 5.32 Å². The zero-order chi connectivity index (χ0) is 15.5. The molecule has 1 aromatic carbocycles. The number of benzene rings is 1. The lowest BCUT2D eigenvalue weighted by Gasteiger charge is -2.23. The molecule has 0 radical (unpaired) electrons. The number of hydrogen-bond donors (Lipinski definition) is 2. The first-order valence-electron chi connectivity index (χ1n) is 8.36. The minimum atomic E-state index is 0.216. The number of aliphatic hydroxyl groups is 1. The quantitative estimate of drug-likeness (QED) is 0.857. The lowest BCUT2D eigenvalue weighted by atomic mass is 9.86. The van der Waals surface area contributed by atoms with E-state index in [-0.39, 0.29) is 5.41 Å². The molecule has 0 aliphatic heterocycles. The molecule has 0 amide bonds. The molecule has 1 aromatic rings. The van der Waals surface area contributed by atoms with Crippen molar-refractivity contribution in [3.8, 4) is 0 Å². The van der Waals surface area contributed by atoms with E-state index < -0.39 is 0 Å². The van der Waals surface area contributed by atoms with Gasteiger partial charge in [0.15, 0.2) is 0 Å². The van der Waals surface area contributed by atoms with Crippen LogP contribution in [0, 0.1) is 11.8 Å². The average molecular weight is 289 g/mol. The van der Waals surface area contributed by atoms with Gasteiger partial charge in [-0.05, 0) is 54.7 Å². The van der Waals surface area contributed by atoms with Crippen molar-refractivity contribution in [3.63, 3.8) is 0 Å².